The van der Waals surface area contributed by atoms with Crippen molar-refractivity contribution in [1.82, 2.24) is 16.2 Å². The Morgan fingerprint density at radius 2 is 1.97 bits per heavy atom. The van der Waals surface area contributed by atoms with Crippen LogP contribution in [0.5, 0.6) is 0 Å². The third-order valence-corrected chi connectivity index (χ3v) is 5.21. The van der Waals surface area contributed by atoms with Crippen molar-refractivity contribution in [3.05, 3.63) is 65.0 Å². The molecule has 0 radical (unpaired) electrons. The highest BCUT2D eigenvalue weighted by molar-refractivity contribution is 5.95. The van der Waals surface area contributed by atoms with Crippen molar-refractivity contribution in [3.8, 4) is 6.07 Å². The number of benzene rings is 2. The predicted octanol–water partition coefficient (Wildman–Crippen LogP) is 1.90. The molecule has 4 rings (SSSR count). The molecule has 2 aliphatic rings. The first-order chi connectivity index (χ1) is 14.1. The van der Waals surface area contributed by atoms with E-state index in [1.807, 2.05) is 30.3 Å². The van der Waals surface area contributed by atoms with Crippen LogP contribution >= 0.6 is 0 Å². The van der Waals surface area contributed by atoms with Gasteiger partial charge in [-0.3, -0.25) is 4.79 Å². The highest BCUT2D eigenvalue weighted by Crippen LogP contribution is 2.25. The highest BCUT2D eigenvalue weighted by Gasteiger charge is 2.30. The summed E-state index contributed by atoms with van der Waals surface area (Å²) in [6.45, 7) is 2.33. The van der Waals surface area contributed by atoms with E-state index in [0.717, 1.165) is 24.2 Å². The normalized spacial score (nSPS) is 24.1. The van der Waals surface area contributed by atoms with Gasteiger partial charge in [-0.2, -0.15) is 5.26 Å². The van der Waals surface area contributed by atoms with E-state index < -0.39 is 11.9 Å². The number of anilines is 1. The molecule has 2 fully saturated rings. The number of rotatable bonds is 4. The number of hydrogen-bond donors (Lipinski definition) is 4. The Hall–Kier alpha value is -2.83. The molecule has 0 bridgehead atoms. The van der Waals surface area contributed by atoms with Gasteiger partial charge in [0.2, 0.25) is 5.91 Å². The Labute approximate surface area is 168 Å². The Morgan fingerprint density at radius 3 is 2.69 bits per heavy atom. The fourth-order valence-corrected chi connectivity index (χ4v) is 3.58. The number of carbonyl (C=O) groups is 1. The molecule has 2 heterocycles. The summed E-state index contributed by atoms with van der Waals surface area (Å²) in [6.07, 6.45) is 0.520. The topological polar surface area (TPSA) is 98.2 Å². The van der Waals surface area contributed by atoms with Gasteiger partial charge in [-0.1, -0.05) is 18.2 Å². The third-order valence-electron chi connectivity index (χ3n) is 5.21. The number of hydrogen-bond acceptors (Lipinski definition) is 6. The SMILES string of the molecule is N#Cc1cc(C2CC(C(=O)Nc3ccc([C@H]4CNCCO4)cc3)NN2)ccc1F. The molecular formula is C21H22FN5O2. The smallest absolute Gasteiger partial charge is 0.242 e. The molecule has 4 N–H and O–H groups in total. The average molecular weight is 395 g/mol. The molecule has 7 nitrogen and oxygen atoms in total. The van der Waals surface area contributed by atoms with Crippen LogP contribution in [0.3, 0.4) is 0 Å². The van der Waals surface area contributed by atoms with Crippen LogP contribution in [0.15, 0.2) is 42.5 Å². The Bertz CT molecular complexity index is 922. The van der Waals surface area contributed by atoms with Crippen LogP contribution in [0.25, 0.3) is 0 Å². The fourth-order valence-electron chi connectivity index (χ4n) is 3.58. The van der Waals surface area contributed by atoms with Crippen LogP contribution in [0.4, 0.5) is 10.1 Å². The number of hydrazine groups is 1. The van der Waals surface area contributed by atoms with Crippen molar-refractivity contribution in [2.75, 3.05) is 25.0 Å². The van der Waals surface area contributed by atoms with Gasteiger partial charge in [0, 0.05) is 24.8 Å². The van der Waals surface area contributed by atoms with E-state index in [-0.39, 0.29) is 23.6 Å². The maximum atomic E-state index is 13.5. The molecule has 1 amide bonds. The summed E-state index contributed by atoms with van der Waals surface area (Å²) >= 11 is 0. The molecule has 150 valence electrons. The second-order valence-corrected chi connectivity index (χ2v) is 7.16. The second-order valence-electron chi connectivity index (χ2n) is 7.16. The number of morpholine rings is 1. The Kier molecular flexibility index (Phi) is 5.83. The summed E-state index contributed by atoms with van der Waals surface area (Å²) in [5, 5.41) is 15.2. The van der Waals surface area contributed by atoms with Crippen molar-refractivity contribution in [1.29, 1.82) is 5.26 Å². The second kappa shape index (κ2) is 8.68. The van der Waals surface area contributed by atoms with Crippen LogP contribution in [0.2, 0.25) is 0 Å². The number of ether oxygens (including phenoxy) is 1. The highest BCUT2D eigenvalue weighted by atomic mass is 19.1. The summed E-state index contributed by atoms with van der Waals surface area (Å²) in [5.74, 6) is -0.708. The van der Waals surface area contributed by atoms with Crippen molar-refractivity contribution in [3.63, 3.8) is 0 Å². The minimum atomic E-state index is -0.547. The van der Waals surface area contributed by atoms with Crippen molar-refractivity contribution < 1.29 is 13.9 Å². The quantitative estimate of drug-likeness (QED) is 0.631. The van der Waals surface area contributed by atoms with Crippen LogP contribution in [0.1, 0.15) is 35.3 Å². The predicted molar refractivity (Wildman–Crippen MR) is 105 cm³/mol. The molecule has 2 aliphatic heterocycles. The number of amides is 1. The van der Waals surface area contributed by atoms with Gasteiger partial charge in [0.1, 0.15) is 17.9 Å². The van der Waals surface area contributed by atoms with Gasteiger partial charge in [0.15, 0.2) is 0 Å². The first kappa shape index (κ1) is 19.5. The van der Waals surface area contributed by atoms with Crippen LogP contribution < -0.4 is 21.5 Å². The lowest BCUT2D eigenvalue weighted by atomic mass is 9.99. The van der Waals surface area contributed by atoms with Gasteiger partial charge < -0.3 is 15.4 Å². The number of halogens is 1. The lowest BCUT2D eigenvalue weighted by Gasteiger charge is -2.24. The molecule has 0 aliphatic carbocycles. The molecule has 29 heavy (non-hydrogen) atoms. The lowest BCUT2D eigenvalue weighted by molar-refractivity contribution is -0.117. The minimum Gasteiger partial charge on any atom is -0.371 e. The molecule has 2 aromatic carbocycles. The largest absolute Gasteiger partial charge is 0.371 e. The molecule has 2 unspecified atom stereocenters. The number of nitriles is 1. The molecular weight excluding hydrogens is 373 g/mol. The van der Waals surface area contributed by atoms with E-state index in [1.165, 1.54) is 12.1 Å². The van der Waals surface area contributed by atoms with E-state index in [1.54, 1.807) is 6.07 Å². The van der Waals surface area contributed by atoms with Crippen molar-refractivity contribution >= 4 is 11.6 Å². The molecule has 0 saturated carbocycles. The summed E-state index contributed by atoms with van der Waals surface area (Å²) in [6, 6.07) is 13.3. The van der Waals surface area contributed by atoms with Crippen LogP contribution in [-0.2, 0) is 9.53 Å². The zero-order valence-electron chi connectivity index (χ0n) is 15.7. The van der Waals surface area contributed by atoms with Crippen LogP contribution in [-0.4, -0.2) is 31.6 Å². The van der Waals surface area contributed by atoms with Crippen molar-refractivity contribution in [2.24, 2.45) is 0 Å². The summed E-state index contributed by atoms with van der Waals surface area (Å²) in [4.78, 5) is 12.6. The molecule has 0 spiro atoms. The van der Waals surface area contributed by atoms with Gasteiger partial charge in [-0.05, 0) is 41.8 Å². The van der Waals surface area contributed by atoms with Gasteiger partial charge in [0.05, 0.1) is 18.3 Å². The maximum Gasteiger partial charge on any atom is 0.242 e. The van der Waals surface area contributed by atoms with E-state index >= 15 is 0 Å². The average Bonchev–Trinajstić information content (AvgIpc) is 3.26. The molecule has 8 heteroatoms. The first-order valence-corrected chi connectivity index (χ1v) is 9.58. The number of nitrogens with one attached hydrogen (secondary N) is 4. The fraction of sp³-hybridized carbons (Fsp3) is 0.333. The maximum absolute atomic E-state index is 13.5. The van der Waals surface area contributed by atoms with Crippen LogP contribution in [0, 0.1) is 17.1 Å². The molecule has 3 atom stereocenters. The summed E-state index contributed by atoms with van der Waals surface area (Å²) in [5.41, 5.74) is 8.55. The number of carbonyl (C=O) groups excluding carboxylic acids is 1. The molecule has 0 aromatic heterocycles. The van der Waals surface area contributed by atoms with Gasteiger partial charge >= 0.3 is 0 Å². The third kappa shape index (κ3) is 4.44. The molecule has 2 saturated heterocycles. The lowest BCUT2D eigenvalue weighted by Crippen LogP contribution is -2.39. The molecule has 2 aromatic rings. The monoisotopic (exact) mass is 395 g/mol. The van der Waals surface area contributed by atoms with Crippen molar-refractivity contribution in [2.45, 2.75) is 24.6 Å². The van der Waals surface area contributed by atoms with Gasteiger partial charge in [-0.25, -0.2) is 15.2 Å². The first-order valence-electron chi connectivity index (χ1n) is 9.58. The minimum absolute atomic E-state index is 0.00515. The van der Waals surface area contributed by atoms with E-state index in [0.29, 0.717) is 18.7 Å². The van der Waals surface area contributed by atoms with E-state index in [4.69, 9.17) is 10.00 Å². The number of nitrogens with zero attached hydrogens (tertiary/aromatic N) is 1. The van der Waals surface area contributed by atoms with Gasteiger partial charge in [0.25, 0.3) is 0 Å². The zero-order valence-corrected chi connectivity index (χ0v) is 15.7. The van der Waals surface area contributed by atoms with Gasteiger partial charge in [-0.15, -0.1) is 0 Å². The van der Waals surface area contributed by atoms with E-state index in [9.17, 15) is 9.18 Å². The summed E-state index contributed by atoms with van der Waals surface area (Å²) in [7, 11) is 0. The summed E-state index contributed by atoms with van der Waals surface area (Å²) < 4.78 is 19.2. The Morgan fingerprint density at radius 1 is 1.17 bits per heavy atom. The Balaban J connectivity index is 1.35. The van der Waals surface area contributed by atoms with E-state index in [2.05, 4.69) is 21.5 Å². The zero-order chi connectivity index (χ0) is 20.2. The standard InChI is InChI=1S/C21H22FN5O2/c22-17-6-3-14(9-15(17)11-23)18-10-19(27-26-18)21(28)25-16-4-1-13(2-5-16)20-12-24-7-8-29-20/h1-6,9,18-20,24,26-27H,7-8,10,12H2,(H,25,28)/t18?,19?,20-/m1/s1.